The number of rotatable bonds is 3. The lowest BCUT2D eigenvalue weighted by atomic mass is 9.77. The van der Waals surface area contributed by atoms with Crippen molar-refractivity contribution < 1.29 is 9.50 Å². The normalized spacial score (nSPS) is 20.9. The quantitative estimate of drug-likeness (QED) is 0.620. The van der Waals surface area contributed by atoms with Gasteiger partial charge in [-0.3, -0.25) is 9.48 Å². The number of aromatic nitrogens is 4. The summed E-state index contributed by atoms with van der Waals surface area (Å²) in [5.41, 5.74) is 0.831. The third kappa shape index (κ3) is 3.11. The van der Waals surface area contributed by atoms with Gasteiger partial charge in [0, 0.05) is 29.3 Å². The molecular weight excluding hydrogens is 451 g/mol. The number of imidazole rings is 1. The zero-order valence-corrected chi connectivity index (χ0v) is 17.4. The molecule has 0 saturated heterocycles. The van der Waals surface area contributed by atoms with E-state index in [0.29, 0.717) is 24.5 Å². The van der Waals surface area contributed by atoms with E-state index in [1.165, 1.54) is 6.08 Å². The molecule has 6 nitrogen and oxygen atoms in total. The number of halogens is 2. The van der Waals surface area contributed by atoms with Crippen molar-refractivity contribution in [3.63, 3.8) is 0 Å². The van der Waals surface area contributed by atoms with Crippen molar-refractivity contribution in [2.75, 3.05) is 0 Å². The van der Waals surface area contributed by atoms with Crippen molar-refractivity contribution >= 4 is 15.9 Å². The van der Waals surface area contributed by atoms with Crippen LogP contribution in [-0.2, 0) is 6.54 Å². The maximum absolute atomic E-state index is 13.7. The molecule has 3 atom stereocenters. The minimum atomic E-state index is -0.543. The molecule has 3 aromatic rings. The third-order valence-corrected chi connectivity index (χ3v) is 6.30. The number of aromatic hydroxyl groups is 1. The average Bonchev–Trinajstić information content (AvgIpc) is 3.20. The maximum atomic E-state index is 13.7. The first-order valence-electron chi connectivity index (χ1n) is 9.64. The molecule has 2 aromatic heterocycles. The summed E-state index contributed by atoms with van der Waals surface area (Å²) in [5, 5.41) is 14.9. The van der Waals surface area contributed by atoms with Crippen LogP contribution in [0.4, 0.5) is 4.39 Å². The van der Waals surface area contributed by atoms with Crippen molar-refractivity contribution in [3.8, 4) is 17.3 Å². The van der Waals surface area contributed by atoms with Crippen molar-refractivity contribution in [1.82, 2.24) is 19.3 Å². The van der Waals surface area contributed by atoms with Gasteiger partial charge in [0.25, 0.3) is 0 Å². The lowest BCUT2D eigenvalue weighted by molar-refractivity contribution is 0.270. The van der Waals surface area contributed by atoms with Crippen LogP contribution < -0.4 is 5.43 Å². The lowest BCUT2D eigenvalue weighted by Gasteiger charge is -2.38. The van der Waals surface area contributed by atoms with E-state index in [1.807, 2.05) is 35.0 Å². The fraction of sp³-hybridized carbons (Fsp3) is 0.227. The highest BCUT2D eigenvalue weighted by molar-refractivity contribution is 9.10. The number of hydrogen-bond donors (Lipinski definition) is 1. The van der Waals surface area contributed by atoms with E-state index in [0.717, 1.165) is 16.2 Å². The standard InChI is InChI=1S/C22H18BrFN4O2/c23-15-3-1-2-14(10-15)19(13-4-6-16(24)7-5-13)17-12-27-9-8-25-22(27)20-21(30)18(29)11-26-28(17)20/h1-4,6-11,13,17,19,30H,5,12H2/t13?,17-,19+/m1/s1. The van der Waals surface area contributed by atoms with Crippen molar-refractivity contribution in [3.05, 3.63) is 87.2 Å². The second-order valence-electron chi connectivity index (χ2n) is 7.55. The van der Waals surface area contributed by atoms with Crippen molar-refractivity contribution in [1.29, 1.82) is 0 Å². The van der Waals surface area contributed by atoms with Crippen LogP contribution in [0.2, 0.25) is 0 Å². The van der Waals surface area contributed by atoms with Crippen LogP contribution in [0, 0.1) is 5.92 Å². The van der Waals surface area contributed by atoms with E-state index < -0.39 is 5.43 Å². The molecular formula is C22H18BrFN4O2. The monoisotopic (exact) mass is 468 g/mol. The van der Waals surface area contributed by atoms with Crippen LogP contribution in [0.3, 0.4) is 0 Å². The van der Waals surface area contributed by atoms with Gasteiger partial charge in [-0.1, -0.05) is 34.1 Å². The minimum absolute atomic E-state index is 0.0186. The second kappa shape index (κ2) is 7.36. The Kier molecular flexibility index (Phi) is 4.66. The summed E-state index contributed by atoms with van der Waals surface area (Å²) in [6, 6.07) is 7.81. The van der Waals surface area contributed by atoms with E-state index in [-0.39, 0.29) is 29.5 Å². The third-order valence-electron chi connectivity index (χ3n) is 5.81. The summed E-state index contributed by atoms with van der Waals surface area (Å²) in [7, 11) is 0. The van der Waals surface area contributed by atoms with E-state index in [2.05, 4.69) is 32.1 Å². The largest absolute Gasteiger partial charge is 0.503 e. The predicted octanol–water partition coefficient (Wildman–Crippen LogP) is 4.34. The Labute approximate surface area is 180 Å². The van der Waals surface area contributed by atoms with Gasteiger partial charge in [-0.15, -0.1) is 0 Å². The molecule has 0 fully saturated rings. The van der Waals surface area contributed by atoms with E-state index in [4.69, 9.17) is 0 Å². The molecule has 3 heterocycles. The first-order chi connectivity index (χ1) is 14.5. The fourth-order valence-corrected chi connectivity index (χ4v) is 4.90. The summed E-state index contributed by atoms with van der Waals surface area (Å²) in [6.45, 7) is 0.561. The number of hydrogen-bond acceptors (Lipinski definition) is 4. The smallest absolute Gasteiger partial charge is 0.242 e. The molecule has 5 rings (SSSR count). The molecule has 30 heavy (non-hydrogen) atoms. The molecule has 1 aliphatic carbocycles. The van der Waals surface area contributed by atoms with Gasteiger partial charge in [0.15, 0.2) is 11.6 Å². The van der Waals surface area contributed by atoms with Gasteiger partial charge in [-0.05, 0) is 42.2 Å². The Hall–Kier alpha value is -3.00. The molecule has 1 N–H and O–H groups in total. The summed E-state index contributed by atoms with van der Waals surface area (Å²) in [6.07, 6.45) is 10.2. The Balaban J connectivity index is 1.70. The minimum Gasteiger partial charge on any atom is -0.503 e. The summed E-state index contributed by atoms with van der Waals surface area (Å²) in [4.78, 5) is 16.4. The molecule has 0 bridgehead atoms. The Bertz CT molecular complexity index is 1250. The van der Waals surface area contributed by atoms with Crippen molar-refractivity contribution in [2.45, 2.75) is 24.9 Å². The van der Waals surface area contributed by atoms with Gasteiger partial charge < -0.3 is 9.67 Å². The summed E-state index contributed by atoms with van der Waals surface area (Å²) < 4.78 is 18.3. The molecule has 1 aromatic carbocycles. The maximum Gasteiger partial charge on any atom is 0.242 e. The van der Waals surface area contributed by atoms with Gasteiger partial charge in [-0.2, -0.15) is 5.10 Å². The molecule has 1 aliphatic heterocycles. The number of benzene rings is 1. The molecule has 0 spiro atoms. The molecule has 0 amide bonds. The summed E-state index contributed by atoms with van der Waals surface area (Å²) in [5.74, 6) is -0.149. The summed E-state index contributed by atoms with van der Waals surface area (Å²) >= 11 is 3.55. The average molecular weight is 469 g/mol. The molecule has 1 unspecified atom stereocenters. The second-order valence-corrected chi connectivity index (χ2v) is 8.47. The number of allylic oxidation sites excluding steroid dienone is 4. The Morgan fingerprint density at radius 2 is 2.20 bits per heavy atom. The van der Waals surface area contributed by atoms with E-state index in [1.54, 1.807) is 17.0 Å². The molecule has 0 radical (unpaired) electrons. The fourth-order valence-electron chi connectivity index (χ4n) is 4.48. The molecule has 8 heteroatoms. The van der Waals surface area contributed by atoms with Gasteiger partial charge in [0.1, 0.15) is 11.5 Å². The van der Waals surface area contributed by atoms with Gasteiger partial charge in [-0.25, -0.2) is 9.37 Å². The highest BCUT2D eigenvalue weighted by atomic mass is 79.9. The first kappa shape index (κ1) is 19.0. The zero-order chi connectivity index (χ0) is 20.8. The number of fused-ring (bicyclic) bond motifs is 3. The lowest BCUT2D eigenvalue weighted by Crippen LogP contribution is -2.34. The Morgan fingerprint density at radius 3 is 2.97 bits per heavy atom. The molecule has 0 saturated carbocycles. The SMILES string of the molecule is O=c1cnn2c(c1O)-c1nccn1C[C@@H]2[C@H](c1cccc(Br)c1)C1C=CC(F)=CC1. The molecule has 152 valence electrons. The van der Waals surface area contributed by atoms with Crippen LogP contribution in [0.5, 0.6) is 5.75 Å². The van der Waals surface area contributed by atoms with E-state index >= 15 is 0 Å². The highest BCUT2D eigenvalue weighted by Crippen LogP contribution is 2.45. The van der Waals surface area contributed by atoms with Gasteiger partial charge in [0.2, 0.25) is 5.43 Å². The van der Waals surface area contributed by atoms with Gasteiger partial charge >= 0.3 is 0 Å². The van der Waals surface area contributed by atoms with Crippen LogP contribution in [0.25, 0.3) is 11.5 Å². The zero-order valence-electron chi connectivity index (χ0n) is 15.8. The molecule has 2 aliphatic rings. The van der Waals surface area contributed by atoms with Crippen LogP contribution in [0.1, 0.15) is 23.9 Å². The van der Waals surface area contributed by atoms with Crippen LogP contribution in [-0.4, -0.2) is 24.4 Å². The topological polar surface area (TPSA) is 72.9 Å². The van der Waals surface area contributed by atoms with E-state index in [9.17, 15) is 14.3 Å². The predicted molar refractivity (Wildman–Crippen MR) is 114 cm³/mol. The van der Waals surface area contributed by atoms with Crippen LogP contribution in [0.15, 0.2) is 76.2 Å². The van der Waals surface area contributed by atoms with Crippen molar-refractivity contribution in [2.24, 2.45) is 5.92 Å². The Morgan fingerprint density at radius 1 is 1.33 bits per heavy atom. The number of nitrogens with zero attached hydrogens (tertiary/aromatic N) is 4. The van der Waals surface area contributed by atoms with Gasteiger partial charge in [0.05, 0.1) is 12.2 Å². The highest BCUT2D eigenvalue weighted by Gasteiger charge is 2.38. The van der Waals surface area contributed by atoms with Crippen LogP contribution >= 0.6 is 15.9 Å². The first-order valence-corrected chi connectivity index (χ1v) is 10.4.